The van der Waals surface area contributed by atoms with Gasteiger partial charge in [-0.05, 0) is 28.3 Å². The maximum Gasteiger partial charge on any atom is 0.101 e. The molecule has 2 aromatic rings. The number of hydrogen-bond acceptors (Lipinski definition) is 2. The van der Waals surface area contributed by atoms with Crippen molar-refractivity contribution in [2.24, 2.45) is 0 Å². The molecular formula is C17H12ClNO. The van der Waals surface area contributed by atoms with E-state index in [2.05, 4.69) is 6.07 Å². The van der Waals surface area contributed by atoms with E-state index in [-0.39, 0.29) is 0 Å². The van der Waals surface area contributed by atoms with Gasteiger partial charge in [-0.25, -0.2) is 0 Å². The predicted molar refractivity (Wildman–Crippen MR) is 79.7 cm³/mol. The highest BCUT2D eigenvalue weighted by Crippen LogP contribution is 2.31. The van der Waals surface area contributed by atoms with Crippen molar-refractivity contribution < 1.29 is 4.74 Å². The summed E-state index contributed by atoms with van der Waals surface area (Å²) < 4.78 is 5.40. The number of nitrogens with zero attached hydrogens (tertiary/aromatic N) is 1. The largest absolute Gasteiger partial charge is 0.372 e. The Labute approximate surface area is 122 Å². The third-order valence-corrected chi connectivity index (χ3v) is 3.78. The topological polar surface area (TPSA) is 33.0 Å². The van der Waals surface area contributed by atoms with Crippen LogP contribution in [0.2, 0.25) is 0 Å². The molecule has 0 bridgehead atoms. The Morgan fingerprint density at radius 2 is 1.75 bits per heavy atom. The fraction of sp³-hybridized carbons (Fsp3) is 0.118. The lowest BCUT2D eigenvalue weighted by molar-refractivity contribution is 0.134. The van der Waals surface area contributed by atoms with Crippen LogP contribution in [0.25, 0.3) is 10.6 Å². The van der Waals surface area contributed by atoms with Gasteiger partial charge in [-0.1, -0.05) is 54.1 Å². The van der Waals surface area contributed by atoms with Gasteiger partial charge in [0.05, 0.1) is 23.8 Å². The smallest absolute Gasteiger partial charge is 0.101 e. The van der Waals surface area contributed by atoms with Crippen LogP contribution in [0, 0.1) is 11.3 Å². The van der Waals surface area contributed by atoms with Crippen molar-refractivity contribution in [3.63, 3.8) is 0 Å². The summed E-state index contributed by atoms with van der Waals surface area (Å²) in [5, 5.41) is 9.87. The monoisotopic (exact) mass is 281 g/mol. The SMILES string of the molecule is N#CC(=C(Cl)c1ccc2c(c1)COC2)c1ccccc1. The van der Waals surface area contributed by atoms with E-state index >= 15 is 0 Å². The Balaban J connectivity index is 2.08. The van der Waals surface area contributed by atoms with Gasteiger partial charge in [0.1, 0.15) is 6.07 Å². The van der Waals surface area contributed by atoms with E-state index in [0.29, 0.717) is 23.8 Å². The summed E-state index contributed by atoms with van der Waals surface area (Å²) >= 11 is 6.42. The third-order valence-electron chi connectivity index (χ3n) is 3.37. The molecule has 0 radical (unpaired) electrons. The fourth-order valence-electron chi connectivity index (χ4n) is 2.30. The highest BCUT2D eigenvalue weighted by atomic mass is 35.5. The Kier molecular flexibility index (Phi) is 3.56. The average molecular weight is 282 g/mol. The molecule has 0 saturated heterocycles. The highest BCUT2D eigenvalue weighted by molar-refractivity contribution is 6.53. The van der Waals surface area contributed by atoms with Crippen molar-refractivity contribution >= 4 is 22.2 Å². The maximum atomic E-state index is 9.39. The van der Waals surface area contributed by atoms with Crippen molar-refractivity contribution in [1.29, 1.82) is 5.26 Å². The maximum absolute atomic E-state index is 9.39. The van der Waals surface area contributed by atoms with E-state index < -0.39 is 0 Å². The number of hydrogen-bond donors (Lipinski definition) is 0. The van der Waals surface area contributed by atoms with Crippen molar-refractivity contribution in [1.82, 2.24) is 0 Å². The van der Waals surface area contributed by atoms with Crippen LogP contribution in [0.15, 0.2) is 48.5 Å². The Morgan fingerprint density at radius 1 is 1.00 bits per heavy atom. The first-order chi connectivity index (χ1) is 9.79. The van der Waals surface area contributed by atoms with Gasteiger partial charge in [-0.2, -0.15) is 5.26 Å². The van der Waals surface area contributed by atoms with E-state index in [1.807, 2.05) is 48.5 Å². The van der Waals surface area contributed by atoms with Crippen LogP contribution >= 0.6 is 11.6 Å². The summed E-state index contributed by atoms with van der Waals surface area (Å²) in [5.41, 5.74) is 4.52. The van der Waals surface area contributed by atoms with Crippen LogP contribution in [0.5, 0.6) is 0 Å². The molecule has 1 heterocycles. The van der Waals surface area contributed by atoms with Gasteiger partial charge < -0.3 is 4.74 Å². The molecule has 0 saturated carbocycles. The molecule has 0 N–H and O–H groups in total. The first-order valence-electron chi connectivity index (χ1n) is 6.35. The number of ether oxygens (including phenoxy) is 1. The number of nitriles is 1. The summed E-state index contributed by atoms with van der Waals surface area (Å²) in [4.78, 5) is 0. The highest BCUT2D eigenvalue weighted by Gasteiger charge is 2.14. The Bertz CT molecular complexity index is 714. The number of benzene rings is 2. The van der Waals surface area contributed by atoms with Crippen LogP contribution in [-0.4, -0.2) is 0 Å². The Hall–Kier alpha value is -2.08. The quantitative estimate of drug-likeness (QED) is 0.606. The van der Waals surface area contributed by atoms with Crippen molar-refractivity contribution in [2.45, 2.75) is 13.2 Å². The van der Waals surface area contributed by atoms with Gasteiger partial charge in [0.2, 0.25) is 0 Å². The minimum atomic E-state index is 0.480. The molecule has 2 nitrogen and oxygen atoms in total. The molecule has 98 valence electrons. The summed E-state index contributed by atoms with van der Waals surface area (Å²) in [5.74, 6) is 0. The molecule has 0 spiro atoms. The molecule has 2 aromatic carbocycles. The van der Waals surface area contributed by atoms with Crippen LogP contribution < -0.4 is 0 Å². The van der Waals surface area contributed by atoms with Crippen molar-refractivity contribution in [3.05, 3.63) is 70.8 Å². The van der Waals surface area contributed by atoms with Crippen LogP contribution in [0.4, 0.5) is 0 Å². The van der Waals surface area contributed by atoms with Crippen LogP contribution in [0.3, 0.4) is 0 Å². The zero-order valence-corrected chi connectivity index (χ0v) is 11.5. The minimum absolute atomic E-state index is 0.480. The summed E-state index contributed by atoms with van der Waals surface area (Å²) in [6.45, 7) is 1.27. The molecule has 1 aliphatic rings. The summed E-state index contributed by atoms with van der Waals surface area (Å²) in [6.07, 6.45) is 0. The lowest BCUT2D eigenvalue weighted by atomic mass is 10.0. The van der Waals surface area contributed by atoms with Crippen molar-refractivity contribution in [3.8, 4) is 6.07 Å². The molecule has 3 rings (SSSR count). The summed E-state index contributed by atoms with van der Waals surface area (Å²) in [7, 11) is 0. The average Bonchev–Trinajstić information content (AvgIpc) is 2.96. The zero-order chi connectivity index (χ0) is 13.9. The van der Waals surface area contributed by atoms with E-state index in [0.717, 1.165) is 16.7 Å². The van der Waals surface area contributed by atoms with E-state index in [9.17, 15) is 5.26 Å². The zero-order valence-electron chi connectivity index (χ0n) is 10.8. The van der Waals surface area contributed by atoms with Crippen molar-refractivity contribution in [2.75, 3.05) is 0 Å². The minimum Gasteiger partial charge on any atom is -0.372 e. The standard InChI is InChI=1S/C17H12ClNO/c18-17(16(9-19)12-4-2-1-3-5-12)13-6-7-14-10-20-11-15(14)8-13/h1-8H,10-11H2. The second kappa shape index (κ2) is 5.50. The second-order valence-corrected chi connectivity index (χ2v) is 5.02. The molecule has 3 heteroatoms. The van der Waals surface area contributed by atoms with Gasteiger partial charge >= 0.3 is 0 Å². The molecule has 1 aliphatic heterocycles. The lowest BCUT2D eigenvalue weighted by Crippen LogP contribution is -1.89. The first-order valence-corrected chi connectivity index (χ1v) is 6.72. The van der Waals surface area contributed by atoms with Crippen LogP contribution in [-0.2, 0) is 18.0 Å². The lowest BCUT2D eigenvalue weighted by Gasteiger charge is -2.06. The normalized spacial score (nSPS) is 14.4. The van der Waals surface area contributed by atoms with Gasteiger partial charge in [-0.15, -0.1) is 0 Å². The molecule has 0 atom stereocenters. The van der Waals surface area contributed by atoms with Gasteiger partial charge in [0, 0.05) is 0 Å². The second-order valence-electron chi connectivity index (χ2n) is 4.64. The number of allylic oxidation sites excluding steroid dienone is 1. The summed E-state index contributed by atoms with van der Waals surface area (Å²) in [6, 6.07) is 17.6. The molecule has 0 amide bonds. The number of halogens is 1. The molecule has 0 fully saturated rings. The molecule has 0 unspecified atom stereocenters. The predicted octanol–water partition coefficient (Wildman–Crippen LogP) is 4.35. The van der Waals surface area contributed by atoms with E-state index in [1.165, 1.54) is 5.56 Å². The number of rotatable bonds is 2. The van der Waals surface area contributed by atoms with Gasteiger partial charge in [-0.3, -0.25) is 0 Å². The number of fused-ring (bicyclic) bond motifs is 1. The molecular weight excluding hydrogens is 270 g/mol. The molecule has 20 heavy (non-hydrogen) atoms. The van der Waals surface area contributed by atoms with E-state index in [4.69, 9.17) is 16.3 Å². The Morgan fingerprint density at radius 3 is 2.50 bits per heavy atom. The fourth-order valence-corrected chi connectivity index (χ4v) is 2.57. The molecule has 0 aromatic heterocycles. The first kappa shape index (κ1) is 12.9. The molecule has 0 aliphatic carbocycles. The van der Waals surface area contributed by atoms with E-state index in [1.54, 1.807) is 0 Å². The van der Waals surface area contributed by atoms with Gasteiger partial charge in [0.25, 0.3) is 0 Å². The third kappa shape index (κ3) is 2.34. The van der Waals surface area contributed by atoms with Gasteiger partial charge in [0.15, 0.2) is 0 Å². The van der Waals surface area contributed by atoms with Crippen LogP contribution in [0.1, 0.15) is 22.3 Å².